The van der Waals surface area contributed by atoms with Crippen molar-refractivity contribution in [3.8, 4) is 17.2 Å². The van der Waals surface area contributed by atoms with Gasteiger partial charge in [-0.05, 0) is 54.7 Å². The van der Waals surface area contributed by atoms with Crippen molar-refractivity contribution in [1.29, 1.82) is 0 Å². The number of aromatic nitrogens is 1. The van der Waals surface area contributed by atoms with Crippen molar-refractivity contribution in [2.24, 2.45) is 0 Å². The number of halogens is 4. The second-order valence-corrected chi connectivity index (χ2v) is 5.97. The van der Waals surface area contributed by atoms with Crippen molar-refractivity contribution in [2.75, 3.05) is 6.61 Å². The Bertz CT molecular complexity index is 565. The molecule has 0 fully saturated rings. The average Bonchev–Trinajstić information content (AvgIpc) is 2.45. The highest BCUT2D eigenvalue weighted by atomic mass is 79.9. The van der Waals surface area contributed by atoms with E-state index < -0.39 is 0 Å². The molecule has 2 rings (SSSR count). The molecule has 1 aromatic heterocycles. The third-order valence-electron chi connectivity index (χ3n) is 2.22. The first kappa shape index (κ1) is 20.9. The summed E-state index contributed by atoms with van der Waals surface area (Å²) < 4.78 is 3.29. The van der Waals surface area contributed by atoms with Gasteiger partial charge >= 0.3 is 0 Å². The second kappa shape index (κ2) is 9.78. The van der Waals surface area contributed by atoms with Crippen molar-refractivity contribution in [3.05, 3.63) is 44.0 Å². The zero-order chi connectivity index (χ0) is 15.3. The minimum atomic E-state index is -0.205. The number of pyridine rings is 1. The highest BCUT2D eigenvalue weighted by molar-refractivity contribution is 9.13. The monoisotopic (exact) mass is 547 g/mol. The first-order valence-corrected chi connectivity index (χ1v) is 7.99. The van der Waals surface area contributed by atoms with Crippen molar-refractivity contribution in [2.45, 2.75) is 6.92 Å². The Kier molecular flexibility index (Phi) is 9.71. The first-order valence-electron chi connectivity index (χ1n) is 5.61. The lowest BCUT2D eigenvalue weighted by Crippen LogP contribution is -3.00. The molecule has 1 aromatic carbocycles. The standard InChI is InChI=1S/C11H6Br3NO2.C2H6O.BrH/c12-6-7(13)10(16)11(17)8(14)9(6)15-4-2-1-3-5-15;1-2-3;/h1-5H,(H-,16,17);3H,2H2,1H3;1H. The number of phenolic OH excluding ortho intramolecular Hbond substituents is 2. The van der Waals surface area contributed by atoms with E-state index in [1.807, 2.05) is 35.2 Å². The number of aliphatic hydroxyl groups is 1. The van der Waals surface area contributed by atoms with Crippen LogP contribution in [0.25, 0.3) is 5.69 Å². The number of benzene rings is 1. The molecule has 116 valence electrons. The normalized spacial score (nSPS) is 9.38. The summed E-state index contributed by atoms with van der Waals surface area (Å²) in [5.41, 5.74) is 0.702. The topological polar surface area (TPSA) is 64.6 Å². The van der Waals surface area contributed by atoms with Gasteiger partial charge in [0, 0.05) is 18.7 Å². The third-order valence-corrected chi connectivity index (χ3v) is 5.05. The van der Waals surface area contributed by atoms with Crippen LogP contribution in [0.4, 0.5) is 0 Å². The molecule has 0 atom stereocenters. The maximum Gasteiger partial charge on any atom is 0.244 e. The number of nitrogens with zero attached hydrogens (tertiary/aromatic N) is 1. The van der Waals surface area contributed by atoms with Crippen molar-refractivity contribution in [1.82, 2.24) is 0 Å². The van der Waals surface area contributed by atoms with Gasteiger partial charge in [0.05, 0.1) is 4.47 Å². The van der Waals surface area contributed by atoms with Gasteiger partial charge in [-0.2, -0.15) is 4.57 Å². The molecule has 3 N–H and O–H groups in total. The van der Waals surface area contributed by atoms with Gasteiger partial charge in [0.15, 0.2) is 23.9 Å². The molecule has 0 spiro atoms. The summed E-state index contributed by atoms with van der Waals surface area (Å²) in [6.07, 6.45) is 3.68. The van der Waals surface area contributed by atoms with Crippen LogP contribution in [0.1, 0.15) is 6.92 Å². The molecule has 1 heterocycles. The van der Waals surface area contributed by atoms with E-state index in [4.69, 9.17) is 5.11 Å². The van der Waals surface area contributed by atoms with Gasteiger partial charge in [0.25, 0.3) is 0 Å². The van der Waals surface area contributed by atoms with E-state index in [-0.39, 0.29) is 35.1 Å². The first-order chi connectivity index (χ1) is 9.45. The molecular weight excluding hydrogens is 538 g/mol. The number of rotatable bonds is 1. The van der Waals surface area contributed by atoms with E-state index in [0.29, 0.717) is 19.1 Å². The summed E-state index contributed by atoms with van der Waals surface area (Å²) in [7, 11) is 0. The molecule has 0 aliphatic heterocycles. The molecule has 0 bridgehead atoms. The van der Waals surface area contributed by atoms with Gasteiger partial charge in [0.1, 0.15) is 8.95 Å². The molecule has 0 aliphatic carbocycles. The van der Waals surface area contributed by atoms with E-state index in [0.717, 1.165) is 0 Å². The number of hydrogen-bond acceptors (Lipinski definition) is 3. The Morgan fingerprint density at radius 1 is 0.905 bits per heavy atom. The van der Waals surface area contributed by atoms with E-state index in [1.54, 1.807) is 6.92 Å². The summed E-state index contributed by atoms with van der Waals surface area (Å²) in [4.78, 5) is 0. The minimum Gasteiger partial charge on any atom is -1.00 e. The van der Waals surface area contributed by atoms with E-state index in [1.165, 1.54) is 0 Å². The van der Waals surface area contributed by atoms with Crippen LogP contribution in [-0.4, -0.2) is 21.9 Å². The Morgan fingerprint density at radius 2 is 1.33 bits per heavy atom. The third kappa shape index (κ3) is 4.92. The molecule has 0 saturated carbocycles. The number of phenols is 2. The molecule has 21 heavy (non-hydrogen) atoms. The van der Waals surface area contributed by atoms with Crippen LogP contribution in [-0.2, 0) is 0 Å². The molecule has 2 aromatic rings. The lowest BCUT2D eigenvalue weighted by molar-refractivity contribution is -0.597. The van der Waals surface area contributed by atoms with E-state index >= 15 is 0 Å². The van der Waals surface area contributed by atoms with Crippen LogP contribution in [0.2, 0.25) is 0 Å². The summed E-state index contributed by atoms with van der Waals surface area (Å²) in [6.45, 7) is 1.93. The van der Waals surface area contributed by atoms with Crippen LogP contribution in [0.15, 0.2) is 44.0 Å². The highest BCUT2D eigenvalue weighted by Crippen LogP contribution is 2.46. The fourth-order valence-electron chi connectivity index (χ4n) is 1.40. The van der Waals surface area contributed by atoms with Crippen LogP contribution < -0.4 is 21.5 Å². The summed E-state index contributed by atoms with van der Waals surface area (Å²) in [5, 5.41) is 27.0. The van der Waals surface area contributed by atoms with Crippen LogP contribution in [0, 0.1) is 0 Å². The smallest absolute Gasteiger partial charge is 0.244 e. The quantitative estimate of drug-likeness (QED) is 0.278. The molecular formula is C13H13Br4NO3. The van der Waals surface area contributed by atoms with Crippen LogP contribution >= 0.6 is 47.8 Å². The van der Waals surface area contributed by atoms with Gasteiger partial charge in [-0.3, -0.25) is 0 Å². The Hall–Kier alpha value is -0.150. The number of aromatic hydroxyl groups is 2. The van der Waals surface area contributed by atoms with E-state index in [2.05, 4.69) is 47.8 Å². The highest BCUT2D eigenvalue weighted by Gasteiger charge is 2.25. The molecule has 0 saturated heterocycles. The Morgan fingerprint density at radius 3 is 1.81 bits per heavy atom. The van der Waals surface area contributed by atoms with Crippen LogP contribution in [0.3, 0.4) is 0 Å². The molecule has 0 radical (unpaired) electrons. The van der Waals surface area contributed by atoms with Crippen molar-refractivity contribution >= 4 is 47.8 Å². The average molecular weight is 551 g/mol. The van der Waals surface area contributed by atoms with Crippen molar-refractivity contribution < 1.29 is 36.9 Å². The Balaban J connectivity index is 0.000000922. The maximum atomic E-state index is 9.79. The van der Waals surface area contributed by atoms with Gasteiger partial charge in [-0.15, -0.1) is 0 Å². The second-order valence-electron chi connectivity index (χ2n) is 3.59. The Labute approximate surface area is 158 Å². The molecule has 4 nitrogen and oxygen atoms in total. The van der Waals surface area contributed by atoms with Gasteiger partial charge in [-0.25, -0.2) is 0 Å². The summed E-state index contributed by atoms with van der Waals surface area (Å²) >= 11 is 9.88. The van der Waals surface area contributed by atoms with Gasteiger partial charge in [0.2, 0.25) is 5.69 Å². The SMILES string of the molecule is CCO.Oc1c(O)c(Br)c(-[n+]2ccccc2)c(Br)c1Br.[Br-]. The largest absolute Gasteiger partial charge is 1.00 e. The van der Waals surface area contributed by atoms with Gasteiger partial charge in [-0.1, -0.05) is 6.07 Å². The lowest BCUT2D eigenvalue weighted by Gasteiger charge is -2.08. The molecule has 0 unspecified atom stereocenters. The van der Waals surface area contributed by atoms with Gasteiger partial charge < -0.3 is 32.3 Å². The van der Waals surface area contributed by atoms with E-state index in [9.17, 15) is 10.2 Å². The fraction of sp³-hybridized carbons (Fsp3) is 0.154. The summed E-state index contributed by atoms with van der Waals surface area (Å²) in [6, 6.07) is 5.64. The molecule has 0 aliphatic rings. The zero-order valence-electron chi connectivity index (χ0n) is 10.9. The maximum absolute atomic E-state index is 9.79. The predicted molar refractivity (Wildman–Crippen MR) is 87.2 cm³/mol. The molecule has 8 heteroatoms. The van der Waals surface area contributed by atoms with Crippen LogP contribution in [0.5, 0.6) is 11.5 Å². The molecule has 0 amide bonds. The number of aliphatic hydroxyl groups excluding tert-OH is 1. The minimum absolute atomic E-state index is 0. The fourth-order valence-corrected chi connectivity index (χ4v) is 3.22. The van der Waals surface area contributed by atoms with Crippen molar-refractivity contribution in [3.63, 3.8) is 0 Å². The zero-order valence-corrected chi connectivity index (χ0v) is 17.2. The summed E-state index contributed by atoms with van der Waals surface area (Å²) in [5.74, 6) is -0.407. The predicted octanol–water partition coefficient (Wildman–Crippen LogP) is 0.665. The number of hydrogen-bond donors (Lipinski definition) is 3. The lowest BCUT2D eigenvalue weighted by atomic mass is 10.2.